The molecule has 0 saturated carbocycles. The fourth-order valence-electron chi connectivity index (χ4n) is 2.78. The van der Waals surface area contributed by atoms with E-state index in [1.807, 2.05) is 31.2 Å². The number of hydrogen-bond donors (Lipinski definition) is 1. The topological polar surface area (TPSA) is 69.3 Å². The molecule has 1 aliphatic rings. The van der Waals surface area contributed by atoms with Crippen LogP contribution in [0.3, 0.4) is 0 Å². The molecule has 0 radical (unpaired) electrons. The van der Waals surface area contributed by atoms with E-state index in [1.54, 1.807) is 16.7 Å². The number of amides is 2. The Balaban J connectivity index is 2.05. The zero-order valence-corrected chi connectivity index (χ0v) is 12.9. The molecule has 0 fully saturated rings. The van der Waals surface area contributed by atoms with E-state index in [0.29, 0.717) is 18.9 Å². The molecule has 6 nitrogen and oxygen atoms in total. The van der Waals surface area contributed by atoms with Gasteiger partial charge in [-0.2, -0.15) is 5.10 Å². The van der Waals surface area contributed by atoms with Crippen molar-refractivity contribution >= 4 is 23.3 Å². The van der Waals surface area contributed by atoms with Crippen molar-refractivity contribution in [1.82, 2.24) is 15.1 Å². The number of carbonyl (C=O) groups is 2. The summed E-state index contributed by atoms with van der Waals surface area (Å²) in [7, 11) is 0. The van der Waals surface area contributed by atoms with Gasteiger partial charge in [0, 0.05) is 19.4 Å². The second kappa shape index (κ2) is 5.29. The molecule has 0 spiro atoms. The lowest BCUT2D eigenvalue weighted by atomic mass is 10.1. The fourth-order valence-corrected chi connectivity index (χ4v) is 2.78. The molecule has 2 aromatic rings. The van der Waals surface area contributed by atoms with Gasteiger partial charge in [-0.15, -0.1) is 0 Å². The molecule has 0 bridgehead atoms. The van der Waals surface area contributed by atoms with Crippen LogP contribution in [0.2, 0.25) is 0 Å². The third-order valence-corrected chi connectivity index (χ3v) is 3.96. The molecule has 114 valence electrons. The molecule has 0 aliphatic carbocycles. The third kappa shape index (κ3) is 2.26. The minimum atomic E-state index is -0.107. The Morgan fingerprint density at radius 2 is 1.95 bits per heavy atom. The first-order valence-corrected chi connectivity index (χ1v) is 7.17. The summed E-state index contributed by atoms with van der Waals surface area (Å²) in [5.74, 6) is 0.492. The van der Waals surface area contributed by atoms with E-state index in [9.17, 15) is 9.59 Å². The zero-order chi connectivity index (χ0) is 15.9. The van der Waals surface area contributed by atoms with Gasteiger partial charge < -0.3 is 4.90 Å². The van der Waals surface area contributed by atoms with Crippen LogP contribution >= 0.6 is 0 Å². The number of aryl methyl sites for hydroxylation is 1. The van der Waals surface area contributed by atoms with Gasteiger partial charge in [-0.3, -0.25) is 19.6 Å². The smallest absolute Gasteiger partial charge is 0.229 e. The van der Waals surface area contributed by atoms with Gasteiger partial charge in [0.05, 0.1) is 24.5 Å². The lowest BCUT2D eigenvalue weighted by Gasteiger charge is -2.22. The van der Waals surface area contributed by atoms with Gasteiger partial charge in [-0.25, -0.2) is 0 Å². The number of nitrogens with zero attached hydrogens (tertiary/aromatic N) is 3. The van der Waals surface area contributed by atoms with E-state index >= 15 is 0 Å². The number of para-hydroxylation sites is 1. The number of aromatic nitrogens is 2. The molecule has 1 aromatic carbocycles. The number of benzene rings is 1. The summed E-state index contributed by atoms with van der Waals surface area (Å²) >= 11 is 0. The van der Waals surface area contributed by atoms with Crippen LogP contribution in [-0.4, -0.2) is 26.9 Å². The minimum absolute atomic E-state index is 0.0146. The molecule has 22 heavy (non-hydrogen) atoms. The molecule has 0 atom stereocenters. The molecular formula is C16H18N4O2. The van der Waals surface area contributed by atoms with Crippen molar-refractivity contribution in [2.75, 3.05) is 4.90 Å². The van der Waals surface area contributed by atoms with Gasteiger partial charge in [0.25, 0.3) is 0 Å². The first-order chi connectivity index (χ1) is 10.5. The van der Waals surface area contributed by atoms with Crippen LogP contribution in [0.25, 0.3) is 0 Å². The van der Waals surface area contributed by atoms with Crippen molar-refractivity contribution < 1.29 is 9.59 Å². The van der Waals surface area contributed by atoms with E-state index in [4.69, 9.17) is 0 Å². The van der Waals surface area contributed by atoms with E-state index in [1.165, 1.54) is 6.92 Å². The second-order valence-electron chi connectivity index (χ2n) is 5.52. The summed E-state index contributed by atoms with van der Waals surface area (Å²) in [6.07, 6.45) is 0. The van der Waals surface area contributed by atoms with Gasteiger partial charge in [-0.05, 0) is 18.6 Å². The second-order valence-corrected chi connectivity index (χ2v) is 5.52. The Morgan fingerprint density at radius 3 is 2.59 bits per heavy atom. The van der Waals surface area contributed by atoms with E-state index in [-0.39, 0.29) is 11.8 Å². The quantitative estimate of drug-likeness (QED) is 0.924. The summed E-state index contributed by atoms with van der Waals surface area (Å²) < 4.78 is 0. The highest BCUT2D eigenvalue weighted by Crippen LogP contribution is 2.34. The summed E-state index contributed by atoms with van der Waals surface area (Å²) in [6.45, 7) is 6.01. The molecule has 1 N–H and O–H groups in total. The zero-order valence-electron chi connectivity index (χ0n) is 12.9. The number of nitrogens with one attached hydrogen (secondary N) is 1. The van der Waals surface area contributed by atoms with E-state index < -0.39 is 0 Å². The van der Waals surface area contributed by atoms with Crippen LogP contribution in [-0.2, 0) is 22.7 Å². The largest absolute Gasteiger partial charge is 0.333 e. The summed E-state index contributed by atoms with van der Waals surface area (Å²) in [5, 5.41) is 7.27. The van der Waals surface area contributed by atoms with Gasteiger partial charge >= 0.3 is 0 Å². The first kappa shape index (κ1) is 14.3. The highest BCUT2D eigenvalue weighted by Gasteiger charge is 2.30. The molecule has 3 rings (SSSR count). The lowest BCUT2D eigenvalue weighted by Crippen LogP contribution is -2.26. The molecular weight excluding hydrogens is 280 g/mol. The van der Waals surface area contributed by atoms with Crippen LogP contribution < -0.4 is 4.90 Å². The van der Waals surface area contributed by atoms with E-state index in [2.05, 4.69) is 10.2 Å². The van der Waals surface area contributed by atoms with Crippen LogP contribution in [0.5, 0.6) is 0 Å². The number of hydrogen-bond acceptors (Lipinski definition) is 3. The van der Waals surface area contributed by atoms with Gasteiger partial charge in [0.1, 0.15) is 0 Å². The van der Waals surface area contributed by atoms with Crippen LogP contribution in [0, 0.1) is 6.92 Å². The van der Waals surface area contributed by atoms with Crippen LogP contribution in [0.1, 0.15) is 30.7 Å². The number of carbonyl (C=O) groups excluding carboxylic acids is 2. The van der Waals surface area contributed by atoms with Gasteiger partial charge in [0.15, 0.2) is 5.82 Å². The first-order valence-electron chi connectivity index (χ1n) is 7.17. The molecule has 2 amide bonds. The SMILES string of the molecule is CC(=O)N1Cc2[nH]nc(N(C(C)=O)c3ccccc3C)c2C1. The Kier molecular flexibility index (Phi) is 3.44. The third-order valence-electron chi connectivity index (χ3n) is 3.96. The molecule has 6 heteroatoms. The maximum Gasteiger partial charge on any atom is 0.229 e. The molecule has 1 aliphatic heterocycles. The van der Waals surface area contributed by atoms with Crippen LogP contribution in [0.4, 0.5) is 11.5 Å². The highest BCUT2D eigenvalue weighted by atomic mass is 16.2. The van der Waals surface area contributed by atoms with E-state index in [0.717, 1.165) is 22.5 Å². The standard InChI is InChI=1S/C16H18N4O2/c1-10-6-4-5-7-15(10)20(12(3)22)16-13-8-19(11(2)21)9-14(13)17-18-16/h4-7H,8-9H2,1-3H3,(H,17,18). The normalized spacial score (nSPS) is 13.1. The van der Waals surface area contributed by atoms with Crippen molar-refractivity contribution in [3.05, 3.63) is 41.1 Å². The maximum atomic E-state index is 12.2. The van der Waals surface area contributed by atoms with Crippen molar-refractivity contribution in [2.45, 2.75) is 33.9 Å². The monoisotopic (exact) mass is 298 g/mol. The van der Waals surface area contributed by atoms with Gasteiger partial charge in [-0.1, -0.05) is 18.2 Å². The Hall–Kier alpha value is -2.63. The number of rotatable bonds is 2. The Morgan fingerprint density at radius 1 is 1.23 bits per heavy atom. The Bertz CT molecular complexity index is 750. The number of fused-ring (bicyclic) bond motifs is 1. The summed E-state index contributed by atoms with van der Waals surface area (Å²) in [5.41, 5.74) is 3.61. The maximum absolute atomic E-state index is 12.2. The van der Waals surface area contributed by atoms with Crippen LogP contribution in [0.15, 0.2) is 24.3 Å². The predicted octanol–water partition coefficient (Wildman–Crippen LogP) is 2.26. The van der Waals surface area contributed by atoms with Gasteiger partial charge in [0.2, 0.25) is 11.8 Å². The number of aromatic amines is 1. The van der Waals surface area contributed by atoms with Crippen molar-refractivity contribution in [3.63, 3.8) is 0 Å². The average molecular weight is 298 g/mol. The molecule has 0 saturated heterocycles. The van der Waals surface area contributed by atoms with Crippen molar-refractivity contribution in [3.8, 4) is 0 Å². The Labute approximate surface area is 128 Å². The molecule has 1 aromatic heterocycles. The molecule has 0 unspecified atom stereocenters. The molecule has 2 heterocycles. The predicted molar refractivity (Wildman–Crippen MR) is 82.5 cm³/mol. The van der Waals surface area contributed by atoms with Crippen molar-refractivity contribution in [2.24, 2.45) is 0 Å². The minimum Gasteiger partial charge on any atom is -0.333 e. The average Bonchev–Trinajstić information content (AvgIpc) is 3.02. The highest BCUT2D eigenvalue weighted by molar-refractivity contribution is 5.99. The van der Waals surface area contributed by atoms with Crippen molar-refractivity contribution in [1.29, 1.82) is 0 Å². The number of anilines is 2. The summed E-state index contributed by atoms with van der Waals surface area (Å²) in [4.78, 5) is 27.1. The fraction of sp³-hybridized carbons (Fsp3) is 0.312. The summed E-state index contributed by atoms with van der Waals surface area (Å²) in [6, 6.07) is 7.69. The lowest BCUT2D eigenvalue weighted by molar-refractivity contribution is -0.129. The number of H-pyrrole nitrogens is 1.